The molecule has 1 heterocycles. The minimum Gasteiger partial charge on any atom is -0.329 e. The van der Waals surface area contributed by atoms with Crippen LogP contribution in [0.5, 0.6) is 0 Å². The smallest absolute Gasteiger partial charge is 0.159 e. The van der Waals surface area contributed by atoms with E-state index in [1.54, 1.807) is 18.6 Å². The number of nitrogens with zero attached hydrogens (tertiary/aromatic N) is 2. The number of aromatic nitrogens is 2. The molecule has 1 atom stereocenters. The summed E-state index contributed by atoms with van der Waals surface area (Å²) >= 11 is 0. The fraction of sp³-hybridized carbons (Fsp3) is 0.250. The number of nitrogens with two attached hydrogens (primary N) is 1. The number of hydrogen-bond donors (Lipinski definition) is 1. The van der Waals surface area contributed by atoms with E-state index in [0.717, 1.165) is 11.8 Å². The Hall–Kier alpha value is -1.75. The van der Waals surface area contributed by atoms with Gasteiger partial charge in [-0.1, -0.05) is 6.07 Å². The lowest BCUT2D eigenvalue weighted by Crippen LogP contribution is -2.12. The summed E-state index contributed by atoms with van der Waals surface area (Å²) in [5.74, 6) is -1.68. The monoisotopic (exact) mass is 237 g/mol. The van der Waals surface area contributed by atoms with Crippen LogP contribution in [0.4, 0.5) is 8.78 Å². The highest BCUT2D eigenvalue weighted by Crippen LogP contribution is 2.14. The predicted molar refractivity (Wildman–Crippen MR) is 60.3 cm³/mol. The molecule has 0 aliphatic heterocycles. The molecule has 0 radical (unpaired) electrons. The Balaban J connectivity index is 2.25. The van der Waals surface area contributed by atoms with Gasteiger partial charge in [0.25, 0.3) is 0 Å². The van der Waals surface area contributed by atoms with E-state index in [9.17, 15) is 8.78 Å². The van der Waals surface area contributed by atoms with Crippen molar-refractivity contribution in [2.45, 2.75) is 19.5 Å². The Labute approximate surface area is 97.9 Å². The molecule has 0 fully saturated rings. The summed E-state index contributed by atoms with van der Waals surface area (Å²) in [5, 5.41) is 0. The topological polar surface area (TPSA) is 43.8 Å². The van der Waals surface area contributed by atoms with E-state index in [4.69, 9.17) is 5.73 Å². The summed E-state index contributed by atoms with van der Waals surface area (Å²) < 4.78 is 27.6. The van der Waals surface area contributed by atoms with E-state index in [-0.39, 0.29) is 6.04 Å². The second-order valence-corrected chi connectivity index (χ2v) is 3.98. The third kappa shape index (κ3) is 2.50. The molecule has 2 N–H and O–H groups in total. The number of imidazole rings is 1. The second kappa shape index (κ2) is 4.63. The Morgan fingerprint density at radius 3 is 2.76 bits per heavy atom. The van der Waals surface area contributed by atoms with Crippen LogP contribution >= 0.6 is 0 Å². The molecule has 1 aromatic heterocycles. The first-order chi connectivity index (χ1) is 8.08. The zero-order valence-corrected chi connectivity index (χ0v) is 9.40. The van der Waals surface area contributed by atoms with Crippen LogP contribution in [0.3, 0.4) is 0 Å². The largest absolute Gasteiger partial charge is 0.329 e. The van der Waals surface area contributed by atoms with Crippen LogP contribution in [0.25, 0.3) is 0 Å². The highest BCUT2D eigenvalue weighted by atomic mass is 19.2. The molecule has 0 saturated carbocycles. The fourth-order valence-corrected chi connectivity index (χ4v) is 1.68. The second-order valence-electron chi connectivity index (χ2n) is 3.98. The van der Waals surface area contributed by atoms with Crippen molar-refractivity contribution in [3.63, 3.8) is 0 Å². The van der Waals surface area contributed by atoms with Crippen LogP contribution in [-0.4, -0.2) is 9.55 Å². The Kier molecular flexibility index (Phi) is 3.19. The molecule has 3 nitrogen and oxygen atoms in total. The Bertz CT molecular complexity index is 520. The van der Waals surface area contributed by atoms with E-state index >= 15 is 0 Å². The molecular formula is C12H13F2N3. The third-order valence-electron chi connectivity index (χ3n) is 2.55. The van der Waals surface area contributed by atoms with Gasteiger partial charge in [0.2, 0.25) is 0 Å². The molecule has 2 rings (SSSR count). The zero-order valence-electron chi connectivity index (χ0n) is 9.40. The van der Waals surface area contributed by atoms with E-state index < -0.39 is 11.6 Å². The van der Waals surface area contributed by atoms with Crippen molar-refractivity contribution >= 4 is 0 Å². The van der Waals surface area contributed by atoms with Gasteiger partial charge in [-0.05, 0) is 24.6 Å². The van der Waals surface area contributed by atoms with Crippen molar-refractivity contribution in [2.75, 3.05) is 0 Å². The van der Waals surface area contributed by atoms with Gasteiger partial charge >= 0.3 is 0 Å². The minimum atomic E-state index is -0.843. The van der Waals surface area contributed by atoms with Crippen molar-refractivity contribution in [3.8, 4) is 0 Å². The van der Waals surface area contributed by atoms with Crippen molar-refractivity contribution < 1.29 is 8.78 Å². The van der Waals surface area contributed by atoms with Gasteiger partial charge in [-0.2, -0.15) is 0 Å². The highest BCUT2D eigenvalue weighted by molar-refractivity contribution is 5.19. The van der Waals surface area contributed by atoms with E-state index in [1.165, 1.54) is 6.07 Å². The van der Waals surface area contributed by atoms with Gasteiger partial charge in [0, 0.05) is 18.8 Å². The average molecular weight is 237 g/mol. The number of hydrogen-bond acceptors (Lipinski definition) is 2. The van der Waals surface area contributed by atoms with Gasteiger partial charge in [0.05, 0.1) is 12.0 Å². The van der Waals surface area contributed by atoms with Crippen LogP contribution < -0.4 is 5.73 Å². The normalized spacial score (nSPS) is 12.7. The maximum atomic E-state index is 13.0. The van der Waals surface area contributed by atoms with Gasteiger partial charge in [-0.25, -0.2) is 13.8 Å². The molecule has 0 unspecified atom stereocenters. The molecule has 0 spiro atoms. The van der Waals surface area contributed by atoms with Crippen molar-refractivity contribution in [1.82, 2.24) is 9.55 Å². The minimum absolute atomic E-state index is 0.150. The van der Waals surface area contributed by atoms with E-state index in [0.29, 0.717) is 12.1 Å². The van der Waals surface area contributed by atoms with Crippen molar-refractivity contribution in [1.29, 1.82) is 0 Å². The molecule has 17 heavy (non-hydrogen) atoms. The van der Waals surface area contributed by atoms with Crippen molar-refractivity contribution in [2.24, 2.45) is 5.73 Å². The maximum Gasteiger partial charge on any atom is 0.159 e. The van der Waals surface area contributed by atoms with Gasteiger partial charge in [0.1, 0.15) is 0 Å². The van der Waals surface area contributed by atoms with Crippen LogP contribution in [0.1, 0.15) is 24.2 Å². The van der Waals surface area contributed by atoms with Gasteiger partial charge < -0.3 is 10.3 Å². The molecule has 0 aliphatic rings. The lowest BCUT2D eigenvalue weighted by molar-refractivity contribution is 0.506. The molecule has 5 heteroatoms. The number of benzene rings is 1. The first-order valence-corrected chi connectivity index (χ1v) is 5.27. The van der Waals surface area contributed by atoms with Crippen molar-refractivity contribution in [3.05, 3.63) is 53.6 Å². The van der Waals surface area contributed by atoms with E-state index in [1.807, 2.05) is 11.5 Å². The fourth-order valence-electron chi connectivity index (χ4n) is 1.68. The third-order valence-corrected chi connectivity index (χ3v) is 2.55. The van der Waals surface area contributed by atoms with Crippen LogP contribution in [0.2, 0.25) is 0 Å². The van der Waals surface area contributed by atoms with Crippen LogP contribution in [-0.2, 0) is 6.54 Å². The predicted octanol–water partition coefficient (Wildman–Crippen LogP) is 2.23. The van der Waals surface area contributed by atoms with Gasteiger partial charge in [-0.3, -0.25) is 0 Å². The summed E-state index contributed by atoms with van der Waals surface area (Å²) in [7, 11) is 0. The number of halogens is 2. The molecule has 0 bridgehead atoms. The standard InChI is InChI=1S/C12H13F2N3/c1-8(15)12-5-16-7-17(12)6-9-2-3-10(13)11(14)4-9/h2-5,7-8H,6,15H2,1H3/t8-/m0/s1. The van der Waals surface area contributed by atoms with Crippen LogP contribution in [0.15, 0.2) is 30.7 Å². The van der Waals surface area contributed by atoms with Gasteiger partial charge in [-0.15, -0.1) is 0 Å². The Morgan fingerprint density at radius 1 is 1.35 bits per heavy atom. The summed E-state index contributed by atoms with van der Waals surface area (Å²) in [5.41, 5.74) is 7.30. The summed E-state index contributed by atoms with van der Waals surface area (Å²) in [6, 6.07) is 3.69. The molecular weight excluding hydrogens is 224 g/mol. The molecule has 0 saturated heterocycles. The molecule has 0 aliphatic carbocycles. The Morgan fingerprint density at radius 2 is 2.12 bits per heavy atom. The molecule has 0 amide bonds. The molecule has 1 aromatic carbocycles. The zero-order chi connectivity index (χ0) is 12.4. The number of rotatable bonds is 3. The molecule has 90 valence electrons. The first kappa shape index (κ1) is 11.7. The summed E-state index contributed by atoms with van der Waals surface area (Å²) in [6.45, 7) is 2.27. The average Bonchev–Trinajstić information content (AvgIpc) is 2.72. The first-order valence-electron chi connectivity index (χ1n) is 5.27. The highest BCUT2D eigenvalue weighted by Gasteiger charge is 2.08. The van der Waals surface area contributed by atoms with Gasteiger partial charge in [0.15, 0.2) is 11.6 Å². The maximum absolute atomic E-state index is 13.0. The lowest BCUT2D eigenvalue weighted by atomic mass is 10.2. The van der Waals surface area contributed by atoms with Crippen LogP contribution in [0, 0.1) is 11.6 Å². The summed E-state index contributed by atoms with van der Waals surface area (Å²) in [4.78, 5) is 3.99. The van der Waals surface area contributed by atoms with E-state index in [2.05, 4.69) is 4.98 Å². The SMILES string of the molecule is C[C@H](N)c1cncn1Cc1ccc(F)c(F)c1. The lowest BCUT2D eigenvalue weighted by Gasteiger charge is -2.10. The molecule has 2 aromatic rings. The summed E-state index contributed by atoms with van der Waals surface area (Å²) in [6.07, 6.45) is 3.30. The quantitative estimate of drug-likeness (QED) is 0.889.